The highest BCUT2D eigenvalue weighted by molar-refractivity contribution is 6.33. The van der Waals surface area contributed by atoms with Crippen molar-refractivity contribution in [1.82, 2.24) is 0 Å². The van der Waals surface area contributed by atoms with Crippen LogP contribution < -0.4 is 0 Å². The molecule has 3 nitrogen and oxygen atoms in total. The normalized spacial score (nSPS) is 16.4. The van der Waals surface area contributed by atoms with E-state index in [1.165, 1.54) is 30.3 Å². The summed E-state index contributed by atoms with van der Waals surface area (Å²) in [6.45, 7) is 0. The zero-order valence-corrected chi connectivity index (χ0v) is 12.6. The van der Waals surface area contributed by atoms with Crippen molar-refractivity contribution in [3.8, 4) is 0 Å². The monoisotopic (exact) mass is 327 g/mol. The number of carbonyl (C=O) groups excluding carboxylic acids is 1. The lowest BCUT2D eigenvalue weighted by atomic mass is 10.2. The van der Waals surface area contributed by atoms with Gasteiger partial charge in [-0.1, -0.05) is 41.9 Å². The van der Waals surface area contributed by atoms with Crippen molar-refractivity contribution in [3.63, 3.8) is 0 Å². The first-order valence-electron chi connectivity index (χ1n) is 6.82. The van der Waals surface area contributed by atoms with Gasteiger partial charge in [-0.3, -0.25) is 0 Å². The molecule has 1 aliphatic heterocycles. The maximum atomic E-state index is 12.9. The fourth-order valence-electron chi connectivity index (χ4n) is 2.01. The van der Waals surface area contributed by atoms with E-state index in [0.717, 1.165) is 5.56 Å². The van der Waals surface area contributed by atoms with Gasteiger partial charge in [0.25, 0.3) is 0 Å². The Morgan fingerprint density at radius 1 is 1.09 bits per heavy atom. The predicted octanol–water partition coefficient (Wildman–Crippen LogP) is 4.29. The van der Waals surface area contributed by atoms with Gasteiger partial charge in [-0.15, -0.1) is 0 Å². The zero-order chi connectivity index (χ0) is 16.2. The van der Waals surface area contributed by atoms with Crippen LogP contribution in [-0.2, 0) is 9.53 Å². The SMILES string of the molecule is O=C1OC(c2ccc(F)cc2)=N/C1=C\C(Cl)=C\c1ccccc1. The van der Waals surface area contributed by atoms with Crippen LogP contribution in [0.2, 0.25) is 0 Å². The second kappa shape index (κ2) is 6.58. The van der Waals surface area contributed by atoms with Gasteiger partial charge in [-0.05, 0) is 42.0 Å². The molecule has 0 unspecified atom stereocenters. The Labute approximate surface area is 137 Å². The lowest BCUT2D eigenvalue weighted by Crippen LogP contribution is -2.05. The Hall–Kier alpha value is -2.72. The number of rotatable bonds is 3. The van der Waals surface area contributed by atoms with E-state index in [2.05, 4.69) is 4.99 Å². The van der Waals surface area contributed by atoms with E-state index in [0.29, 0.717) is 10.6 Å². The predicted molar refractivity (Wildman–Crippen MR) is 87.4 cm³/mol. The van der Waals surface area contributed by atoms with E-state index in [-0.39, 0.29) is 17.4 Å². The number of cyclic esters (lactones) is 1. The highest BCUT2D eigenvalue weighted by Gasteiger charge is 2.24. The van der Waals surface area contributed by atoms with Crippen molar-refractivity contribution in [3.05, 3.63) is 88.3 Å². The summed E-state index contributed by atoms with van der Waals surface area (Å²) >= 11 is 6.13. The van der Waals surface area contributed by atoms with E-state index in [4.69, 9.17) is 16.3 Å². The first kappa shape index (κ1) is 15.2. The Bertz CT molecular complexity index is 824. The molecule has 23 heavy (non-hydrogen) atoms. The highest BCUT2D eigenvalue weighted by Crippen LogP contribution is 2.20. The number of hydrogen-bond acceptors (Lipinski definition) is 3. The van der Waals surface area contributed by atoms with Gasteiger partial charge < -0.3 is 4.74 Å². The molecule has 0 N–H and O–H groups in total. The van der Waals surface area contributed by atoms with Gasteiger partial charge in [-0.2, -0.15) is 0 Å². The number of aliphatic imine (C=N–C) groups is 1. The molecule has 114 valence electrons. The summed E-state index contributed by atoms with van der Waals surface area (Å²) in [6, 6.07) is 15.0. The van der Waals surface area contributed by atoms with Crippen LogP contribution in [0.3, 0.4) is 0 Å². The van der Waals surface area contributed by atoms with Crippen molar-refractivity contribution < 1.29 is 13.9 Å². The van der Waals surface area contributed by atoms with Gasteiger partial charge in [0.2, 0.25) is 5.90 Å². The van der Waals surface area contributed by atoms with E-state index in [9.17, 15) is 9.18 Å². The number of nitrogens with zero attached hydrogens (tertiary/aromatic N) is 1. The lowest BCUT2D eigenvalue weighted by Gasteiger charge is -1.98. The molecule has 0 bridgehead atoms. The number of esters is 1. The molecule has 0 atom stereocenters. The molecular formula is C18H11ClFNO2. The summed E-state index contributed by atoms with van der Waals surface area (Å²) in [5.74, 6) is -0.836. The average molecular weight is 328 g/mol. The summed E-state index contributed by atoms with van der Waals surface area (Å²) in [4.78, 5) is 16.0. The summed E-state index contributed by atoms with van der Waals surface area (Å²) in [6.07, 6.45) is 3.15. The summed E-state index contributed by atoms with van der Waals surface area (Å²) in [7, 11) is 0. The van der Waals surface area contributed by atoms with Crippen molar-refractivity contribution in [2.45, 2.75) is 0 Å². The summed E-state index contributed by atoms with van der Waals surface area (Å²) < 4.78 is 18.0. The summed E-state index contributed by atoms with van der Waals surface area (Å²) in [5, 5.41) is 0.354. The second-order valence-electron chi connectivity index (χ2n) is 4.78. The molecule has 0 fully saturated rings. The lowest BCUT2D eigenvalue weighted by molar-refractivity contribution is -0.130. The molecule has 5 heteroatoms. The van der Waals surface area contributed by atoms with Crippen molar-refractivity contribution in [1.29, 1.82) is 0 Å². The molecule has 2 aromatic rings. The van der Waals surface area contributed by atoms with E-state index in [1.54, 1.807) is 6.08 Å². The first-order valence-corrected chi connectivity index (χ1v) is 7.20. The number of ether oxygens (including phenoxy) is 1. The molecule has 0 aliphatic carbocycles. The molecule has 1 aliphatic rings. The number of benzene rings is 2. The van der Waals surface area contributed by atoms with Gasteiger partial charge in [0.1, 0.15) is 5.82 Å². The maximum absolute atomic E-state index is 12.9. The van der Waals surface area contributed by atoms with Crippen LogP contribution in [0.15, 0.2) is 76.4 Å². The Morgan fingerprint density at radius 2 is 1.78 bits per heavy atom. The molecule has 0 spiro atoms. The van der Waals surface area contributed by atoms with E-state index in [1.807, 2.05) is 30.3 Å². The van der Waals surface area contributed by atoms with Crippen LogP contribution in [0.25, 0.3) is 6.08 Å². The molecule has 0 aromatic heterocycles. The van der Waals surface area contributed by atoms with E-state index >= 15 is 0 Å². The standard InChI is InChI=1S/C18H11ClFNO2/c19-14(10-12-4-2-1-3-5-12)11-16-18(22)23-17(21-16)13-6-8-15(20)9-7-13/h1-11H/b14-10-,16-11-. The van der Waals surface area contributed by atoms with Crippen LogP contribution in [0, 0.1) is 5.82 Å². The Balaban J connectivity index is 1.86. The van der Waals surface area contributed by atoms with Gasteiger partial charge in [-0.25, -0.2) is 14.2 Å². The van der Waals surface area contributed by atoms with Crippen molar-refractivity contribution in [2.75, 3.05) is 0 Å². The smallest absolute Gasteiger partial charge is 0.363 e. The third kappa shape index (κ3) is 3.73. The largest absolute Gasteiger partial charge is 0.402 e. The minimum Gasteiger partial charge on any atom is -0.402 e. The molecular weight excluding hydrogens is 317 g/mol. The number of carbonyl (C=O) groups is 1. The minimum absolute atomic E-state index is 0.0986. The third-order valence-electron chi connectivity index (χ3n) is 3.09. The molecule has 0 radical (unpaired) electrons. The molecule has 0 saturated heterocycles. The topological polar surface area (TPSA) is 38.7 Å². The quantitative estimate of drug-likeness (QED) is 0.623. The molecule has 1 heterocycles. The van der Waals surface area contributed by atoms with Gasteiger partial charge >= 0.3 is 5.97 Å². The van der Waals surface area contributed by atoms with E-state index < -0.39 is 5.97 Å². The molecule has 0 amide bonds. The van der Waals surface area contributed by atoms with Crippen molar-refractivity contribution in [2.24, 2.45) is 4.99 Å². The molecule has 0 saturated carbocycles. The minimum atomic E-state index is -0.594. The van der Waals surface area contributed by atoms with Crippen LogP contribution in [-0.4, -0.2) is 11.9 Å². The first-order chi connectivity index (χ1) is 11.1. The van der Waals surface area contributed by atoms with Crippen LogP contribution in [0.4, 0.5) is 4.39 Å². The second-order valence-corrected chi connectivity index (χ2v) is 5.22. The molecule has 3 rings (SSSR count). The summed E-state index contributed by atoms with van der Waals surface area (Å²) in [5.41, 5.74) is 1.52. The Kier molecular flexibility index (Phi) is 4.35. The highest BCUT2D eigenvalue weighted by atomic mass is 35.5. The maximum Gasteiger partial charge on any atom is 0.363 e. The zero-order valence-electron chi connectivity index (χ0n) is 11.9. The van der Waals surface area contributed by atoms with Crippen LogP contribution >= 0.6 is 11.6 Å². The fourth-order valence-corrected chi connectivity index (χ4v) is 2.24. The fraction of sp³-hybridized carbons (Fsp3) is 0. The van der Waals surface area contributed by atoms with Crippen LogP contribution in [0.5, 0.6) is 0 Å². The Morgan fingerprint density at radius 3 is 2.48 bits per heavy atom. The number of allylic oxidation sites excluding steroid dienone is 2. The van der Waals surface area contributed by atoms with Crippen LogP contribution in [0.1, 0.15) is 11.1 Å². The van der Waals surface area contributed by atoms with Gasteiger partial charge in [0.15, 0.2) is 5.70 Å². The van der Waals surface area contributed by atoms with Crippen molar-refractivity contribution >= 4 is 29.5 Å². The van der Waals surface area contributed by atoms with Gasteiger partial charge in [0.05, 0.1) is 0 Å². The molecule has 2 aromatic carbocycles. The van der Waals surface area contributed by atoms with Gasteiger partial charge in [0, 0.05) is 10.6 Å². The number of hydrogen-bond donors (Lipinski definition) is 0. The average Bonchev–Trinajstić information content (AvgIpc) is 2.90. The number of halogens is 2. The third-order valence-corrected chi connectivity index (χ3v) is 3.31.